The van der Waals surface area contributed by atoms with Crippen molar-refractivity contribution in [2.24, 2.45) is 5.92 Å². The third kappa shape index (κ3) is 5.33. The highest BCUT2D eigenvalue weighted by atomic mass is 35.5. The Kier molecular flexibility index (Phi) is 7.55. The molecule has 13 heteroatoms. The van der Waals surface area contributed by atoms with E-state index < -0.39 is 22.8 Å². The highest BCUT2D eigenvalue weighted by molar-refractivity contribution is 6.31. The van der Waals surface area contributed by atoms with Crippen LogP contribution in [0.25, 0.3) is 16.6 Å². The molecule has 0 bridgehead atoms. The van der Waals surface area contributed by atoms with Crippen LogP contribution >= 0.6 is 11.6 Å². The Morgan fingerprint density at radius 2 is 1.94 bits per heavy atom. The van der Waals surface area contributed by atoms with Gasteiger partial charge in [0.2, 0.25) is 11.3 Å². The number of rotatable bonds is 9. The number of halogens is 2. The summed E-state index contributed by atoms with van der Waals surface area (Å²) in [5, 5.41) is 10.2. The highest BCUT2D eigenvalue weighted by Gasteiger charge is 2.62. The predicted molar refractivity (Wildman–Crippen MR) is 180 cm³/mol. The van der Waals surface area contributed by atoms with Gasteiger partial charge in [0.05, 0.1) is 29.1 Å². The molecular formula is C34H37ClFN7O4. The minimum absolute atomic E-state index is 0.0206. The van der Waals surface area contributed by atoms with Gasteiger partial charge in [0.1, 0.15) is 34.6 Å². The number of carboxylic acid groups (broad SMARTS) is 1. The first-order chi connectivity index (χ1) is 22.4. The summed E-state index contributed by atoms with van der Waals surface area (Å²) in [6, 6.07) is 10.3. The number of carbonyl (C=O) groups is 1. The zero-order valence-corrected chi connectivity index (χ0v) is 27.7. The minimum Gasteiger partial charge on any atom is -0.477 e. The molecule has 4 aromatic rings. The van der Waals surface area contributed by atoms with Crippen molar-refractivity contribution in [3.05, 3.63) is 75.4 Å². The molecule has 11 nitrogen and oxygen atoms in total. The number of aromatic nitrogens is 3. The van der Waals surface area contributed by atoms with E-state index in [4.69, 9.17) is 16.3 Å². The third-order valence-corrected chi connectivity index (χ3v) is 10.3. The summed E-state index contributed by atoms with van der Waals surface area (Å²) >= 11 is 6.41. The summed E-state index contributed by atoms with van der Waals surface area (Å²) in [6.07, 6.45) is 4.65. The highest BCUT2D eigenvalue weighted by Crippen LogP contribution is 2.59. The smallest absolute Gasteiger partial charge is 0.341 e. The fraction of sp³-hybridized carbons (Fsp3) is 0.412. The summed E-state index contributed by atoms with van der Waals surface area (Å²) in [5.74, 6) is 0.182. The summed E-state index contributed by atoms with van der Waals surface area (Å²) in [6.45, 7) is 4.06. The lowest BCUT2D eigenvalue weighted by Gasteiger charge is -2.43. The second-order valence-electron chi connectivity index (χ2n) is 13.4. The summed E-state index contributed by atoms with van der Waals surface area (Å²) < 4.78 is 23.9. The van der Waals surface area contributed by atoms with E-state index in [1.165, 1.54) is 6.20 Å². The van der Waals surface area contributed by atoms with Gasteiger partial charge in [0.15, 0.2) is 0 Å². The van der Waals surface area contributed by atoms with Crippen molar-refractivity contribution in [1.29, 1.82) is 0 Å². The molecule has 5 heterocycles. The number of hydrogen-bond acceptors (Lipinski definition) is 9. The molecule has 7 rings (SSSR count). The SMILES string of the molecule is CN(C)c1ccc(Cl)c(OC[C@H]2C[C@@H]3CC3(C)N2c2cc3c(cc2F)c(=O)c(C(=O)O)cn3-c2ccc(N3CC(N(C)C)C3)nc2)n1. The van der Waals surface area contributed by atoms with E-state index in [0.29, 0.717) is 45.6 Å². The van der Waals surface area contributed by atoms with Crippen molar-refractivity contribution in [1.82, 2.24) is 19.4 Å². The van der Waals surface area contributed by atoms with Crippen LogP contribution in [0, 0.1) is 11.7 Å². The fourth-order valence-corrected chi connectivity index (χ4v) is 7.20. The number of ether oxygens (including phenoxy) is 1. The number of benzene rings is 1. The van der Waals surface area contributed by atoms with Gasteiger partial charge in [-0.2, -0.15) is 4.98 Å². The van der Waals surface area contributed by atoms with Crippen LogP contribution in [0.4, 0.5) is 21.7 Å². The molecule has 3 atom stereocenters. The number of anilines is 3. The number of fused-ring (bicyclic) bond motifs is 2. The molecule has 47 heavy (non-hydrogen) atoms. The predicted octanol–water partition coefficient (Wildman–Crippen LogP) is 4.52. The van der Waals surface area contributed by atoms with Crippen LogP contribution in [-0.4, -0.2) is 96.0 Å². The number of carboxylic acids is 1. The number of hydrogen-bond donors (Lipinski definition) is 1. The van der Waals surface area contributed by atoms with E-state index in [0.717, 1.165) is 37.8 Å². The topological polar surface area (TPSA) is 107 Å². The average molecular weight is 662 g/mol. The Morgan fingerprint density at radius 3 is 2.60 bits per heavy atom. The quantitative estimate of drug-likeness (QED) is 0.275. The fourth-order valence-electron chi connectivity index (χ4n) is 7.04. The number of pyridine rings is 3. The van der Waals surface area contributed by atoms with Gasteiger partial charge in [0, 0.05) is 50.3 Å². The van der Waals surface area contributed by atoms with Gasteiger partial charge in [-0.05, 0) is 76.2 Å². The molecule has 1 aromatic carbocycles. The molecular weight excluding hydrogens is 625 g/mol. The van der Waals surface area contributed by atoms with Gasteiger partial charge in [-0.1, -0.05) is 11.6 Å². The van der Waals surface area contributed by atoms with Crippen LogP contribution in [0.1, 0.15) is 30.1 Å². The number of likely N-dealkylation sites (N-methyl/N-ethyl adjacent to an activating group) is 1. The van der Waals surface area contributed by atoms with Crippen LogP contribution in [-0.2, 0) is 0 Å². The zero-order chi connectivity index (χ0) is 33.4. The Bertz CT molecular complexity index is 1950. The van der Waals surface area contributed by atoms with E-state index in [-0.39, 0.29) is 23.6 Å². The monoisotopic (exact) mass is 661 g/mol. The maximum absolute atomic E-state index is 16.2. The van der Waals surface area contributed by atoms with Crippen molar-refractivity contribution < 1.29 is 19.0 Å². The maximum Gasteiger partial charge on any atom is 0.341 e. The first kappa shape index (κ1) is 31.2. The largest absolute Gasteiger partial charge is 0.477 e. The molecule has 3 aromatic heterocycles. The lowest BCUT2D eigenvalue weighted by atomic mass is 10.1. The molecule has 3 fully saturated rings. The Labute approximate surface area is 276 Å². The molecule has 2 saturated heterocycles. The number of nitrogens with zero attached hydrogens (tertiary/aromatic N) is 7. The summed E-state index contributed by atoms with van der Waals surface area (Å²) in [7, 11) is 7.86. The molecule has 1 aliphatic carbocycles. The Morgan fingerprint density at radius 1 is 1.17 bits per heavy atom. The average Bonchev–Trinajstić information content (AvgIpc) is 3.56. The van der Waals surface area contributed by atoms with E-state index >= 15 is 4.39 Å². The molecule has 0 radical (unpaired) electrons. The Balaban J connectivity index is 1.26. The van der Waals surface area contributed by atoms with Crippen molar-refractivity contribution in [3.8, 4) is 11.6 Å². The number of aromatic carboxylic acids is 1. The van der Waals surface area contributed by atoms with Gasteiger partial charge < -0.3 is 34.0 Å². The second-order valence-corrected chi connectivity index (χ2v) is 13.9. The van der Waals surface area contributed by atoms with Crippen LogP contribution in [0.3, 0.4) is 0 Å². The first-order valence-electron chi connectivity index (χ1n) is 15.6. The van der Waals surface area contributed by atoms with E-state index in [1.807, 2.05) is 37.2 Å². The van der Waals surface area contributed by atoms with Crippen molar-refractivity contribution >= 4 is 45.8 Å². The van der Waals surface area contributed by atoms with Crippen LogP contribution in [0.2, 0.25) is 5.02 Å². The summed E-state index contributed by atoms with van der Waals surface area (Å²) in [5.41, 5.74) is -0.211. The standard InChI is InChI=1S/C34H37ClFN7O4/c1-34-13-19(34)10-21(18-47-32-25(35)7-9-30(38-32)40(4)5)43(34)28-12-27-23(11-26(28)36)31(44)24(33(45)46)17-42(27)20-6-8-29(37-14-20)41-15-22(16-41)39(2)3/h6-9,11-12,14,17,19,21-22H,10,13,15-16,18H2,1-5H3,(H,45,46)/t19-,21-,34?/m1/s1. The third-order valence-electron chi connectivity index (χ3n) is 10.0. The van der Waals surface area contributed by atoms with Crippen molar-refractivity contribution in [3.63, 3.8) is 0 Å². The lowest BCUT2D eigenvalue weighted by molar-refractivity contribution is 0.0695. The van der Waals surface area contributed by atoms with E-state index in [2.05, 4.69) is 45.7 Å². The summed E-state index contributed by atoms with van der Waals surface area (Å²) in [4.78, 5) is 42.9. The van der Waals surface area contributed by atoms with Gasteiger partial charge in [-0.25, -0.2) is 14.2 Å². The molecule has 0 spiro atoms. The molecule has 1 unspecified atom stereocenters. The minimum atomic E-state index is -1.38. The molecule has 3 aliphatic rings. The second kappa shape index (κ2) is 11.4. The van der Waals surface area contributed by atoms with Crippen LogP contribution in [0.15, 0.2) is 53.6 Å². The van der Waals surface area contributed by atoms with E-state index in [1.54, 1.807) is 22.9 Å². The van der Waals surface area contributed by atoms with Crippen molar-refractivity contribution in [2.45, 2.75) is 37.4 Å². The zero-order valence-electron chi connectivity index (χ0n) is 26.9. The normalized spacial score (nSPS) is 22.0. The number of piperidine rings is 1. The Hall–Kier alpha value is -4.42. The van der Waals surface area contributed by atoms with E-state index in [9.17, 15) is 14.7 Å². The van der Waals surface area contributed by atoms with Crippen molar-refractivity contribution in [2.75, 3.05) is 62.6 Å². The maximum atomic E-state index is 16.2. The molecule has 0 amide bonds. The lowest BCUT2D eigenvalue weighted by Crippen LogP contribution is -2.57. The van der Waals surface area contributed by atoms with Gasteiger partial charge in [-0.3, -0.25) is 4.79 Å². The first-order valence-corrected chi connectivity index (χ1v) is 16.0. The van der Waals surface area contributed by atoms with Crippen LogP contribution in [0.5, 0.6) is 5.88 Å². The molecule has 1 N–H and O–H groups in total. The molecule has 2 aliphatic heterocycles. The van der Waals surface area contributed by atoms with Gasteiger partial charge in [0.25, 0.3) is 0 Å². The molecule has 1 saturated carbocycles. The molecule has 246 valence electrons. The van der Waals surface area contributed by atoms with Gasteiger partial charge in [-0.15, -0.1) is 0 Å². The van der Waals surface area contributed by atoms with Crippen LogP contribution < -0.4 is 24.9 Å². The van der Waals surface area contributed by atoms with Gasteiger partial charge >= 0.3 is 5.97 Å².